The molecule has 0 N–H and O–H groups in total. The van der Waals surface area contributed by atoms with Crippen molar-refractivity contribution in [2.75, 3.05) is 6.61 Å². The van der Waals surface area contributed by atoms with Crippen LogP contribution in [0.5, 0.6) is 0 Å². The van der Waals surface area contributed by atoms with E-state index in [0.29, 0.717) is 17.5 Å². The number of hydrogen-bond acceptors (Lipinski definition) is 1. The Morgan fingerprint density at radius 1 is 1.16 bits per heavy atom. The van der Waals surface area contributed by atoms with Gasteiger partial charge >= 0.3 is 0 Å². The van der Waals surface area contributed by atoms with Crippen LogP contribution in [0, 0.1) is 11.6 Å². The number of halogens is 3. The van der Waals surface area contributed by atoms with Gasteiger partial charge in [0.15, 0.2) is 11.6 Å². The van der Waals surface area contributed by atoms with Crippen molar-refractivity contribution in [3.05, 3.63) is 34.9 Å². The number of rotatable bonds is 6. The van der Waals surface area contributed by atoms with E-state index in [1.807, 2.05) is 0 Å². The maximum atomic E-state index is 13.8. The van der Waals surface area contributed by atoms with Gasteiger partial charge in [0, 0.05) is 31.9 Å². The number of benzene rings is 1. The van der Waals surface area contributed by atoms with E-state index < -0.39 is 20.4 Å². The fraction of sp³-hybridized carbons (Fsp3) is 0.571. The van der Waals surface area contributed by atoms with Crippen LogP contribution in [0.25, 0.3) is 0 Å². The maximum absolute atomic E-state index is 13.8. The first-order valence-corrected chi connectivity index (χ1v) is 10.4. The van der Waals surface area contributed by atoms with E-state index in [9.17, 15) is 8.78 Å². The van der Waals surface area contributed by atoms with Crippen LogP contribution in [0.1, 0.15) is 25.0 Å². The average molecular weight is 351 g/mol. The molecular formula is C14H21BrF2OSi. The minimum Gasteiger partial charge on any atom is -0.376 e. The molecule has 5 heteroatoms. The van der Waals surface area contributed by atoms with E-state index in [0.717, 1.165) is 0 Å². The van der Waals surface area contributed by atoms with Crippen molar-refractivity contribution in [2.45, 2.75) is 43.9 Å². The zero-order valence-electron chi connectivity index (χ0n) is 11.9. The molecule has 0 aliphatic rings. The monoisotopic (exact) mass is 350 g/mol. The van der Waals surface area contributed by atoms with Crippen LogP contribution in [0.3, 0.4) is 0 Å². The van der Waals surface area contributed by atoms with Crippen molar-refractivity contribution < 1.29 is 13.5 Å². The quantitative estimate of drug-likeness (QED) is 0.536. The molecule has 0 aliphatic heterocycles. The van der Waals surface area contributed by atoms with Crippen LogP contribution >= 0.6 is 15.9 Å². The van der Waals surface area contributed by atoms with Gasteiger partial charge < -0.3 is 4.74 Å². The van der Waals surface area contributed by atoms with Gasteiger partial charge in [-0.3, -0.25) is 0 Å². The summed E-state index contributed by atoms with van der Waals surface area (Å²) >= 11 is 3.13. The minimum absolute atomic E-state index is 0.121. The molecule has 19 heavy (non-hydrogen) atoms. The van der Waals surface area contributed by atoms with E-state index in [1.54, 1.807) is 12.1 Å². The van der Waals surface area contributed by atoms with Gasteiger partial charge in [-0.25, -0.2) is 8.78 Å². The highest BCUT2D eigenvalue weighted by Gasteiger charge is 2.24. The predicted molar refractivity (Wildman–Crippen MR) is 81.6 cm³/mol. The van der Waals surface area contributed by atoms with E-state index >= 15 is 0 Å². The van der Waals surface area contributed by atoms with Crippen LogP contribution in [0.2, 0.25) is 18.1 Å². The molecule has 0 aliphatic carbocycles. The van der Waals surface area contributed by atoms with Crippen molar-refractivity contribution in [3.8, 4) is 0 Å². The largest absolute Gasteiger partial charge is 0.376 e. The van der Waals surface area contributed by atoms with Gasteiger partial charge in [-0.05, 0) is 5.04 Å². The molecule has 108 valence electrons. The molecule has 1 rings (SSSR count). The van der Waals surface area contributed by atoms with Crippen molar-refractivity contribution in [1.29, 1.82) is 0 Å². The van der Waals surface area contributed by atoms with Gasteiger partial charge in [-0.2, -0.15) is 0 Å². The normalized spacial score (nSPS) is 12.2. The summed E-state index contributed by atoms with van der Waals surface area (Å²) in [6.45, 7) is 9.54. The number of hydrogen-bond donors (Lipinski definition) is 0. The Bertz CT molecular complexity index is 436. The molecule has 0 saturated carbocycles. The lowest BCUT2D eigenvalue weighted by Gasteiger charge is -2.27. The molecule has 0 fully saturated rings. The van der Waals surface area contributed by atoms with E-state index in [1.165, 1.54) is 0 Å². The van der Waals surface area contributed by atoms with Crippen molar-refractivity contribution in [3.63, 3.8) is 0 Å². The zero-order chi connectivity index (χ0) is 14.6. The first kappa shape index (κ1) is 16.8. The highest BCUT2D eigenvalue weighted by atomic mass is 79.9. The Labute approximate surface area is 124 Å². The van der Waals surface area contributed by atoms with Gasteiger partial charge in [0.1, 0.15) is 0 Å². The molecule has 1 aromatic carbocycles. The summed E-state index contributed by atoms with van der Waals surface area (Å²) < 4.78 is 32.9. The summed E-state index contributed by atoms with van der Waals surface area (Å²) in [7, 11) is -0.840. The Morgan fingerprint density at radius 2 is 1.68 bits per heavy atom. The molecule has 1 nitrogen and oxygen atoms in total. The second-order valence-electron chi connectivity index (χ2n) is 5.78. The lowest BCUT2D eigenvalue weighted by molar-refractivity contribution is 0.0981. The van der Waals surface area contributed by atoms with E-state index in [4.69, 9.17) is 4.74 Å². The highest BCUT2D eigenvalue weighted by molar-refractivity contribution is 9.08. The minimum atomic E-state index is -0.840. The first-order valence-electron chi connectivity index (χ1n) is 6.39. The summed E-state index contributed by atoms with van der Waals surface area (Å²) in [4.78, 5) is 0. The van der Waals surface area contributed by atoms with Crippen molar-refractivity contribution in [1.82, 2.24) is 0 Å². The van der Waals surface area contributed by atoms with Crippen LogP contribution in [-0.2, 0) is 16.7 Å². The fourth-order valence-corrected chi connectivity index (χ4v) is 2.32. The summed E-state index contributed by atoms with van der Waals surface area (Å²) in [5.74, 6) is -1.58. The van der Waals surface area contributed by atoms with Gasteiger partial charge in [-0.15, -0.1) is 0 Å². The summed E-state index contributed by atoms with van der Waals surface area (Å²) in [6, 6.07) is 3.18. The Kier molecular flexibility index (Phi) is 6.14. The van der Waals surface area contributed by atoms with E-state index in [-0.39, 0.29) is 17.2 Å². The molecule has 0 spiro atoms. The van der Waals surface area contributed by atoms with Crippen LogP contribution in [-0.4, -0.2) is 15.4 Å². The average Bonchev–Trinajstić information content (AvgIpc) is 2.34. The second-order valence-corrected chi connectivity index (χ2v) is 10.2. The van der Waals surface area contributed by atoms with Crippen LogP contribution in [0.4, 0.5) is 8.78 Å². The number of ether oxygens (including phenoxy) is 1. The predicted octanol–water partition coefficient (Wildman–Crippen LogP) is 4.64. The topological polar surface area (TPSA) is 9.23 Å². The molecule has 0 radical (unpaired) electrons. The molecule has 0 heterocycles. The standard InChI is InChI=1S/C14H21BrF2OSi/c1-14(2,19(3)4)9-18-8-11-6-5-10(7-15)12(16)13(11)17/h5-6,19H,7-9H2,1-4H3. The summed E-state index contributed by atoms with van der Waals surface area (Å²) in [6.07, 6.45) is 0. The molecular weight excluding hydrogens is 330 g/mol. The molecule has 0 unspecified atom stereocenters. The highest BCUT2D eigenvalue weighted by Crippen LogP contribution is 2.29. The van der Waals surface area contributed by atoms with Gasteiger partial charge in [0.2, 0.25) is 0 Å². The Hall–Kier alpha value is -0.263. The third-order valence-electron chi connectivity index (χ3n) is 3.68. The molecule has 0 saturated heterocycles. The first-order chi connectivity index (χ1) is 8.79. The van der Waals surface area contributed by atoms with Crippen molar-refractivity contribution in [2.24, 2.45) is 0 Å². The maximum Gasteiger partial charge on any atom is 0.164 e. The van der Waals surface area contributed by atoms with Crippen LogP contribution < -0.4 is 0 Å². The Balaban J connectivity index is 2.67. The summed E-state index contributed by atoms with van der Waals surface area (Å²) in [5, 5.41) is 0.466. The van der Waals surface area contributed by atoms with Gasteiger partial charge in [0.25, 0.3) is 0 Å². The number of alkyl halides is 1. The SMILES string of the molecule is C[SiH](C)C(C)(C)COCc1ccc(CBr)c(F)c1F. The van der Waals surface area contributed by atoms with Crippen LogP contribution in [0.15, 0.2) is 12.1 Å². The second kappa shape index (κ2) is 6.95. The van der Waals surface area contributed by atoms with Gasteiger partial charge in [0.05, 0.1) is 6.61 Å². The zero-order valence-corrected chi connectivity index (χ0v) is 14.6. The molecule has 1 aromatic rings. The molecule has 0 amide bonds. The molecule has 0 bridgehead atoms. The molecule has 0 aromatic heterocycles. The van der Waals surface area contributed by atoms with Gasteiger partial charge in [-0.1, -0.05) is 55.0 Å². The summed E-state index contributed by atoms with van der Waals surface area (Å²) in [5.41, 5.74) is 0.611. The van der Waals surface area contributed by atoms with E-state index in [2.05, 4.69) is 42.9 Å². The third kappa shape index (κ3) is 4.36. The lowest BCUT2D eigenvalue weighted by atomic mass is 10.1. The van der Waals surface area contributed by atoms with Crippen molar-refractivity contribution >= 4 is 24.7 Å². The molecule has 0 atom stereocenters. The lowest BCUT2D eigenvalue weighted by Crippen LogP contribution is -2.26. The smallest absolute Gasteiger partial charge is 0.164 e. The third-order valence-corrected chi connectivity index (χ3v) is 7.58. The fourth-order valence-electron chi connectivity index (χ4n) is 1.43. The Morgan fingerprint density at radius 3 is 2.21 bits per heavy atom.